The molecule has 0 bridgehead atoms. The maximum absolute atomic E-state index is 5.48. The van der Waals surface area contributed by atoms with E-state index in [0.29, 0.717) is 5.95 Å². The van der Waals surface area contributed by atoms with Crippen molar-refractivity contribution in [3.05, 3.63) is 65.0 Å². The summed E-state index contributed by atoms with van der Waals surface area (Å²) in [5, 5.41) is 8.75. The van der Waals surface area contributed by atoms with Gasteiger partial charge in [-0.25, -0.2) is 9.97 Å². The number of benzene rings is 2. The second-order valence-corrected chi connectivity index (χ2v) is 8.96. The molecule has 8 heteroatoms. The molecule has 0 radical (unpaired) electrons. The van der Waals surface area contributed by atoms with E-state index in [1.165, 1.54) is 5.56 Å². The van der Waals surface area contributed by atoms with Crippen molar-refractivity contribution in [3.63, 3.8) is 0 Å². The number of nitrogens with one attached hydrogen (secondary N) is 1. The van der Waals surface area contributed by atoms with Crippen LogP contribution in [0.15, 0.2) is 59.5 Å². The zero-order valence-electron chi connectivity index (χ0n) is 18.0. The summed E-state index contributed by atoms with van der Waals surface area (Å²) < 4.78 is 8.32. The lowest BCUT2D eigenvalue weighted by Gasteiger charge is -2.26. The van der Waals surface area contributed by atoms with Crippen molar-refractivity contribution in [1.82, 2.24) is 24.6 Å². The van der Waals surface area contributed by atoms with Crippen LogP contribution in [0.1, 0.15) is 5.56 Å². The third-order valence-electron chi connectivity index (χ3n) is 5.65. The minimum Gasteiger partial charge on any atom is -0.379 e. The Bertz CT molecular complexity index is 1230. The fourth-order valence-corrected chi connectivity index (χ4v) is 4.33. The molecule has 32 heavy (non-hydrogen) atoms. The van der Waals surface area contributed by atoms with E-state index in [1.807, 2.05) is 48.5 Å². The molecule has 164 valence electrons. The standard InChI is InChI=1S/C24H25BrN6O/c1-30-16-20(15-27-30)18-10-17(4-5-31-6-8-32-9-7-31)11-22(13-18)28-24-26-14-19-12-21(25)2-3-23(19)29-24/h2-3,10-16H,4-9H2,1H3,(H,26,28,29). The predicted octanol–water partition coefficient (Wildman–Crippen LogP) is 4.41. The van der Waals surface area contributed by atoms with E-state index in [0.717, 1.165) is 71.5 Å². The molecular formula is C24H25BrN6O. The van der Waals surface area contributed by atoms with E-state index >= 15 is 0 Å². The van der Waals surface area contributed by atoms with Crippen LogP contribution in [0.5, 0.6) is 0 Å². The molecule has 3 heterocycles. The van der Waals surface area contributed by atoms with Crippen molar-refractivity contribution in [2.75, 3.05) is 38.2 Å². The molecule has 0 aliphatic carbocycles. The van der Waals surface area contributed by atoms with Gasteiger partial charge in [0.1, 0.15) is 0 Å². The molecule has 7 nitrogen and oxygen atoms in total. The maximum atomic E-state index is 5.48. The summed E-state index contributed by atoms with van der Waals surface area (Å²) >= 11 is 3.50. The van der Waals surface area contributed by atoms with Gasteiger partial charge in [0.25, 0.3) is 0 Å². The number of ether oxygens (including phenoxy) is 1. The first-order valence-corrected chi connectivity index (χ1v) is 11.5. The van der Waals surface area contributed by atoms with Gasteiger partial charge >= 0.3 is 0 Å². The number of morpholine rings is 1. The normalized spacial score (nSPS) is 14.7. The Labute approximate surface area is 195 Å². The van der Waals surface area contributed by atoms with Crippen LogP contribution in [0.25, 0.3) is 22.0 Å². The van der Waals surface area contributed by atoms with Gasteiger partial charge in [-0.1, -0.05) is 22.0 Å². The summed E-state index contributed by atoms with van der Waals surface area (Å²) in [6.45, 7) is 4.64. The summed E-state index contributed by atoms with van der Waals surface area (Å²) in [6, 6.07) is 12.6. The molecule has 1 saturated heterocycles. The Morgan fingerprint density at radius 3 is 2.75 bits per heavy atom. The van der Waals surface area contributed by atoms with Gasteiger partial charge in [0.2, 0.25) is 5.95 Å². The third kappa shape index (κ3) is 4.98. The monoisotopic (exact) mass is 492 g/mol. The Balaban J connectivity index is 1.42. The van der Waals surface area contributed by atoms with Gasteiger partial charge in [0.15, 0.2) is 0 Å². The second-order valence-electron chi connectivity index (χ2n) is 8.05. The molecule has 1 aliphatic rings. The molecule has 1 N–H and O–H groups in total. The fourth-order valence-electron chi connectivity index (χ4n) is 3.95. The molecule has 0 unspecified atom stereocenters. The Hall–Kier alpha value is -2.81. The van der Waals surface area contributed by atoms with Crippen molar-refractivity contribution in [1.29, 1.82) is 0 Å². The molecule has 0 atom stereocenters. The van der Waals surface area contributed by atoms with E-state index in [4.69, 9.17) is 4.74 Å². The van der Waals surface area contributed by atoms with Crippen molar-refractivity contribution >= 4 is 38.5 Å². The SMILES string of the molecule is Cn1cc(-c2cc(CCN3CCOCC3)cc(Nc3ncc4cc(Br)ccc4n3)c2)cn1. The number of rotatable bonds is 6. The molecule has 0 amide bonds. The smallest absolute Gasteiger partial charge is 0.227 e. The molecule has 0 saturated carbocycles. The van der Waals surface area contributed by atoms with E-state index in [1.54, 1.807) is 0 Å². The number of hydrogen-bond acceptors (Lipinski definition) is 6. The van der Waals surface area contributed by atoms with Crippen LogP contribution in [0.3, 0.4) is 0 Å². The van der Waals surface area contributed by atoms with Gasteiger partial charge < -0.3 is 10.1 Å². The highest BCUT2D eigenvalue weighted by Crippen LogP contribution is 2.27. The number of hydrogen-bond donors (Lipinski definition) is 1. The number of aryl methyl sites for hydroxylation is 1. The van der Waals surface area contributed by atoms with Gasteiger partial charge in [-0.05, 0) is 47.9 Å². The zero-order chi connectivity index (χ0) is 21.9. The Morgan fingerprint density at radius 1 is 1.06 bits per heavy atom. The van der Waals surface area contributed by atoms with Crippen molar-refractivity contribution in [3.8, 4) is 11.1 Å². The van der Waals surface area contributed by atoms with E-state index < -0.39 is 0 Å². The summed E-state index contributed by atoms with van der Waals surface area (Å²) in [4.78, 5) is 11.7. The number of aromatic nitrogens is 4. The van der Waals surface area contributed by atoms with Crippen molar-refractivity contribution in [2.45, 2.75) is 6.42 Å². The highest BCUT2D eigenvalue weighted by molar-refractivity contribution is 9.10. The maximum Gasteiger partial charge on any atom is 0.227 e. The van der Waals surface area contributed by atoms with Crippen molar-refractivity contribution in [2.24, 2.45) is 7.05 Å². The van der Waals surface area contributed by atoms with Crippen LogP contribution in [0.2, 0.25) is 0 Å². The lowest BCUT2D eigenvalue weighted by molar-refractivity contribution is 0.0384. The molecule has 2 aromatic carbocycles. The molecule has 1 fully saturated rings. The van der Waals surface area contributed by atoms with Crippen LogP contribution in [-0.4, -0.2) is 57.5 Å². The second kappa shape index (κ2) is 9.36. The topological polar surface area (TPSA) is 68.1 Å². The number of nitrogens with zero attached hydrogens (tertiary/aromatic N) is 5. The van der Waals surface area contributed by atoms with E-state index in [-0.39, 0.29) is 0 Å². The van der Waals surface area contributed by atoms with Gasteiger partial charge in [0, 0.05) is 60.2 Å². The van der Waals surface area contributed by atoms with Gasteiger partial charge in [-0.3, -0.25) is 9.58 Å². The van der Waals surface area contributed by atoms with E-state index in [9.17, 15) is 0 Å². The van der Waals surface area contributed by atoms with Gasteiger partial charge in [-0.15, -0.1) is 0 Å². The van der Waals surface area contributed by atoms with E-state index in [2.05, 4.69) is 59.4 Å². The minimum absolute atomic E-state index is 0.585. The molecule has 5 rings (SSSR count). The first-order chi connectivity index (χ1) is 15.6. The van der Waals surface area contributed by atoms with Crippen LogP contribution in [0.4, 0.5) is 11.6 Å². The summed E-state index contributed by atoms with van der Waals surface area (Å²) in [5.41, 5.74) is 5.37. The average molecular weight is 493 g/mol. The Morgan fingerprint density at radius 2 is 1.94 bits per heavy atom. The first-order valence-electron chi connectivity index (χ1n) is 10.7. The summed E-state index contributed by atoms with van der Waals surface area (Å²) in [6.07, 6.45) is 6.75. The molecular weight excluding hydrogens is 468 g/mol. The summed E-state index contributed by atoms with van der Waals surface area (Å²) in [7, 11) is 1.94. The lowest BCUT2D eigenvalue weighted by atomic mass is 10.0. The van der Waals surface area contributed by atoms with Crippen molar-refractivity contribution < 1.29 is 4.74 Å². The predicted molar refractivity (Wildman–Crippen MR) is 130 cm³/mol. The number of anilines is 2. The van der Waals surface area contributed by atoms with Gasteiger partial charge in [-0.2, -0.15) is 5.10 Å². The third-order valence-corrected chi connectivity index (χ3v) is 6.14. The minimum atomic E-state index is 0.585. The Kier molecular flexibility index (Phi) is 6.16. The quantitative estimate of drug-likeness (QED) is 0.429. The van der Waals surface area contributed by atoms with Crippen LogP contribution in [0, 0.1) is 0 Å². The highest BCUT2D eigenvalue weighted by atomic mass is 79.9. The molecule has 0 spiro atoms. The summed E-state index contributed by atoms with van der Waals surface area (Å²) in [5.74, 6) is 0.585. The number of fused-ring (bicyclic) bond motifs is 1. The molecule has 2 aromatic heterocycles. The van der Waals surface area contributed by atoms with Crippen LogP contribution < -0.4 is 5.32 Å². The average Bonchev–Trinajstić information content (AvgIpc) is 3.25. The zero-order valence-corrected chi connectivity index (χ0v) is 19.5. The molecule has 4 aromatic rings. The first kappa shape index (κ1) is 21.1. The van der Waals surface area contributed by atoms with Crippen LogP contribution in [-0.2, 0) is 18.2 Å². The van der Waals surface area contributed by atoms with Crippen LogP contribution >= 0.6 is 15.9 Å². The van der Waals surface area contributed by atoms with Gasteiger partial charge in [0.05, 0.1) is 24.9 Å². The largest absolute Gasteiger partial charge is 0.379 e. The fraction of sp³-hybridized carbons (Fsp3) is 0.292. The molecule has 1 aliphatic heterocycles. The lowest BCUT2D eigenvalue weighted by Crippen LogP contribution is -2.37. The number of halogens is 1. The highest BCUT2D eigenvalue weighted by Gasteiger charge is 2.12.